The van der Waals surface area contributed by atoms with Crippen molar-refractivity contribution in [3.63, 3.8) is 0 Å². The average molecular weight is 626 g/mol. The van der Waals surface area contributed by atoms with Gasteiger partial charge >= 0.3 is 11.9 Å². The van der Waals surface area contributed by atoms with Gasteiger partial charge in [0.15, 0.2) is 11.3 Å². The highest BCUT2D eigenvalue weighted by molar-refractivity contribution is 6.30. The molecule has 1 atom stereocenters. The largest absolute Gasteiger partial charge is 0.477 e. The molecule has 0 aliphatic heterocycles. The number of carboxylic acid groups (broad SMARTS) is 1. The number of carbonyl (C=O) groups excluding carboxylic acids is 2. The zero-order valence-corrected chi connectivity index (χ0v) is 25.3. The van der Waals surface area contributed by atoms with Gasteiger partial charge in [-0.15, -0.1) is 0 Å². The highest BCUT2D eigenvalue weighted by atomic mass is 35.5. The number of rotatable bonds is 5. The lowest BCUT2D eigenvalue weighted by molar-refractivity contribution is 0.00681. The second-order valence-corrected chi connectivity index (χ2v) is 11.6. The van der Waals surface area contributed by atoms with E-state index in [0.29, 0.717) is 24.9 Å². The summed E-state index contributed by atoms with van der Waals surface area (Å²) in [6.45, 7) is 7.78. The van der Waals surface area contributed by atoms with Crippen molar-refractivity contribution in [2.75, 3.05) is 7.05 Å². The predicted octanol–water partition coefficient (Wildman–Crippen LogP) is 6.02. The van der Waals surface area contributed by atoms with Crippen molar-refractivity contribution in [2.24, 2.45) is 5.73 Å². The van der Waals surface area contributed by atoms with Crippen LogP contribution in [-0.2, 0) is 17.7 Å². The first-order valence-corrected chi connectivity index (χ1v) is 13.9. The summed E-state index contributed by atoms with van der Waals surface area (Å²) in [5.41, 5.74) is 9.12. The van der Waals surface area contributed by atoms with Crippen LogP contribution in [0.4, 0.5) is 4.39 Å². The molecule has 44 heavy (non-hydrogen) atoms. The van der Waals surface area contributed by atoms with E-state index >= 15 is 0 Å². The van der Waals surface area contributed by atoms with E-state index in [9.17, 15) is 23.9 Å². The van der Waals surface area contributed by atoms with E-state index in [1.807, 2.05) is 33.8 Å². The van der Waals surface area contributed by atoms with Crippen molar-refractivity contribution in [2.45, 2.75) is 66.2 Å². The van der Waals surface area contributed by atoms with Gasteiger partial charge in [-0.25, -0.2) is 23.5 Å². The van der Waals surface area contributed by atoms with Gasteiger partial charge in [0.25, 0.3) is 5.91 Å². The van der Waals surface area contributed by atoms with Gasteiger partial charge < -0.3 is 20.5 Å². The highest BCUT2D eigenvalue weighted by Crippen LogP contribution is 2.38. The average Bonchev–Trinajstić information content (AvgIpc) is 3.60. The van der Waals surface area contributed by atoms with Gasteiger partial charge in [0, 0.05) is 25.7 Å². The third-order valence-electron chi connectivity index (χ3n) is 7.09. The zero-order valence-electron chi connectivity index (χ0n) is 24.5. The van der Waals surface area contributed by atoms with Crippen LogP contribution < -0.4 is 5.73 Å². The zero-order chi connectivity index (χ0) is 31.6. The number of carboxylic acids is 1. The molecule has 0 saturated heterocycles. The third kappa shape index (κ3) is 7.23. The van der Waals surface area contributed by atoms with E-state index in [-0.39, 0.29) is 47.4 Å². The van der Waals surface area contributed by atoms with Gasteiger partial charge in [-0.05, 0) is 81.0 Å². The molecule has 1 aliphatic carbocycles. The normalized spacial score (nSPS) is 13.8. The Morgan fingerprint density at radius 2 is 1.89 bits per heavy atom. The number of esters is 1. The summed E-state index contributed by atoms with van der Waals surface area (Å²) in [5, 5.41) is 13.6. The maximum atomic E-state index is 13.4. The number of nitrogens with zero attached hydrogens (tertiary/aromatic N) is 4. The predicted molar refractivity (Wildman–Crippen MR) is 165 cm³/mol. The standard InChI is InChI=1S/C24H26N4O5.C7H7ClFN.CH4/c1-13-14-8-9-18(16(14)7-6-15(13)23(32)33-24(2,3)4)27(5)21(29)19-12-17(22(30)31)26-20-10-11-25-28(19)20;8-6-3-5(4-10)1-2-7(6)9;/h6-7,10-12,18H,8-9H2,1-5H3,(H,30,31);1-3H,4,10H2;1H4/t18-;;/m0../s1. The number of carbonyl (C=O) groups is 3. The van der Waals surface area contributed by atoms with Crippen LogP contribution in [0.5, 0.6) is 0 Å². The molecule has 0 spiro atoms. The van der Waals surface area contributed by atoms with Gasteiger partial charge in [-0.3, -0.25) is 4.79 Å². The topological polar surface area (TPSA) is 140 Å². The van der Waals surface area contributed by atoms with Crippen molar-refractivity contribution in [3.05, 3.63) is 98.7 Å². The Morgan fingerprint density at radius 3 is 2.50 bits per heavy atom. The minimum atomic E-state index is -1.22. The number of ether oxygens (including phenoxy) is 1. The molecule has 12 heteroatoms. The van der Waals surface area contributed by atoms with Crippen LogP contribution in [0.3, 0.4) is 0 Å². The van der Waals surface area contributed by atoms with Gasteiger partial charge in [-0.2, -0.15) is 5.10 Å². The Kier molecular flexibility index (Phi) is 10.5. The maximum absolute atomic E-state index is 13.4. The molecule has 5 rings (SSSR count). The molecule has 2 heterocycles. The van der Waals surface area contributed by atoms with Crippen LogP contribution in [0.25, 0.3) is 5.65 Å². The number of hydrogen-bond donors (Lipinski definition) is 2. The summed E-state index contributed by atoms with van der Waals surface area (Å²) in [6, 6.07) is 10.7. The molecule has 0 saturated carbocycles. The Morgan fingerprint density at radius 1 is 1.18 bits per heavy atom. The number of aromatic nitrogens is 3. The minimum absolute atomic E-state index is 0. The molecule has 0 fully saturated rings. The fraction of sp³-hybridized carbons (Fsp3) is 0.344. The molecule has 1 aliphatic rings. The third-order valence-corrected chi connectivity index (χ3v) is 7.38. The fourth-order valence-corrected chi connectivity index (χ4v) is 5.18. The summed E-state index contributed by atoms with van der Waals surface area (Å²) in [5.74, 6) is -2.35. The van der Waals surface area contributed by atoms with Crippen molar-refractivity contribution in [3.8, 4) is 0 Å². The molecule has 0 radical (unpaired) electrons. The van der Waals surface area contributed by atoms with E-state index in [4.69, 9.17) is 22.1 Å². The highest BCUT2D eigenvalue weighted by Gasteiger charge is 2.33. The Labute approximate surface area is 260 Å². The quantitative estimate of drug-likeness (QED) is 0.256. The molecule has 2 aromatic carbocycles. The van der Waals surface area contributed by atoms with Crippen molar-refractivity contribution < 1.29 is 28.6 Å². The molecule has 10 nitrogen and oxygen atoms in total. The number of fused-ring (bicyclic) bond motifs is 2. The molecular weight excluding hydrogens is 589 g/mol. The van der Waals surface area contributed by atoms with Gasteiger partial charge in [0.05, 0.1) is 22.8 Å². The summed E-state index contributed by atoms with van der Waals surface area (Å²) in [7, 11) is 1.69. The monoisotopic (exact) mass is 625 g/mol. The Bertz CT molecular complexity index is 1720. The number of nitrogens with two attached hydrogens (primary N) is 1. The van der Waals surface area contributed by atoms with Crippen LogP contribution in [0.15, 0.2) is 48.7 Å². The number of halogens is 2. The summed E-state index contributed by atoms with van der Waals surface area (Å²) >= 11 is 5.46. The fourth-order valence-electron chi connectivity index (χ4n) is 4.98. The lowest BCUT2D eigenvalue weighted by Gasteiger charge is -2.26. The van der Waals surface area contributed by atoms with Crippen LogP contribution >= 0.6 is 11.6 Å². The van der Waals surface area contributed by atoms with Crippen LogP contribution in [-0.4, -0.2) is 55.1 Å². The Hall–Kier alpha value is -4.35. The molecule has 4 aromatic rings. The second kappa shape index (κ2) is 13.5. The minimum Gasteiger partial charge on any atom is -0.477 e. The first-order chi connectivity index (χ1) is 20.2. The number of benzene rings is 2. The molecule has 234 valence electrons. The number of aromatic carboxylic acids is 1. The summed E-state index contributed by atoms with van der Waals surface area (Å²) in [4.78, 5) is 43.1. The SMILES string of the molecule is C.Cc1c(C(=O)OC(C)(C)C)ccc2c1CC[C@@H]2N(C)C(=O)c1cc(C(=O)O)nc2ccnn12.NCc1ccc(F)c(Cl)c1. The Balaban J connectivity index is 0.000000410. The molecule has 0 bridgehead atoms. The van der Waals surface area contributed by atoms with E-state index < -0.39 is 17.4 Å². The van der Waals surface area contributed by atoms with Crippen molar-refractivity contribution in [1.29, 1.82) is 0 Å². The number of amides is 1. The van der Waals surface area contributed by atoms with Gasteiger partial charge in [0.2, 0.25) is 0 Å². The second-order valence-electron chi connectivity index (χ2n) is 11.2. The molecular formula is C32H37ClFN5O5. The van der Waals surface area contributed by atoms with Crippen LogP contribution in [0.1, 0.15) is 94.2 Å². The van der Waals surface area contributed by atoms with Crippen LogP contribution in [0.2, 0.25) is 5.02 Å². The smallest absolute Gasteiger partial charge is 0.354 e. The lowest BCUT2D eigenvalue weighted by atomic mass is 9.97. The van der Waals surface area contributed by atoms with Crippen molar-refractivity contribution >= 4 is 35.1 Å². The van der Waals surface area contributed by atoms with E-state index in [1.54, 1.807) is 30.1 Å². The summed E-state index contributed by atoms with van der Waals surface area (Å²) < 4.78 is 19.3. The maximum Gasteiger partial charge on any atom is 0.354 e. The molecule has 3 N–H and O–H groups in total. The van der Waals surface area contributed by atoms with Gasteiger partial charge in [-0.1, -0.05) is 31.2 Å². The molecule has 1 amide bonds. The van der Waals surface area contributed by atoms with E-state index in [2.05, 4.69) is 10.1 Å². The molecule has 0 unspecified atom stereocenters. The van der Waals surface area contributed by atoms with Crippen LogP contribution in [0, 0.1) is 12.7 Å². The first kappa shape index (κ1) is 34.1. The lowest BCUT2D eigenvalue weighted by Crippen LogP contribution is -2.32. The van der Waals surface area contributed by atoms with Crippen molar-refractivity contribution in [1.82, 2.24) is 19.5 Å². The molecule has 2 aromatic heterocycles. The van der Waals surface area contributed by atoms with Gasteiger partial charge in [0.1, 0.15) is 17.1 Å². The van der Waals surface area contributed by atoms with E-state index in [0.717, 1.165) is 22.3 Å². The summed E-state index contributed by atoms with van der Waals surface area (Å²) in [6.07, 6.45) is 2.88. The van der Waals surface area contributed by atoms with E-state index in [1.165, 1.54) is 28.9 Å². The number of hydrogen-bond acceptors (Lipinski definition) is 7. The first-order valence-electron chi connectivity index (χ1n) is 13.6.